The van der Waals surface area contributed by atoms with Crippen LogP contribution in [-0.4, -0.2) is 51.9 Å². The fourth-order valence-corrected chi connectivity index (χ4v) is 4.90. The quantitative estimate of drug-likeness (QED) is 0.294. The molecule has 2 heterocycles. The number of amides is 1. The van der Waals surface area contributed by atoms with E-state index < -0.39 is 0 Å². The summed E-state index contributed by atoms with van der Waals surface area (Å²) in [6, 6.07) is 24.0. The third kappa shape index (κ3) is 5.23. The van der Waals surface area contributed by atoms with Gasteiger partial charge in [-0.15, -0.1) is 0 Å². The third-order valence-electron chi connectivity index (χ3n) is 5.74. The lowest BCUT2D eigenvalue weighted by Gasteiger charge is -2.31. The van der Waals surface area contributed by atoms with Gasteiger partial charge in [0.2, 0.25) is 5.91 Å². The van der Waals surface area contributed by atoms with Gasteiger partial charge in [0.05, 0.1) is 35.1 Å². The molecule has 1 fully saturated rings. The molecule has 178 valence electrons. The Labute approximate surface area is 207 Å². The van der Waals surface area contributed by atoms with Crippen molar-refractivity contribution in [2.24, 2.45) is 0 Å². The molecule has 4 aromatic rings. The zero-order valence-electron chi connectivity index (χ0n) is 19.3. The first-order valence-electron chi connectivity index (χ1n) is 11.5. The number of hydrogen-bond donors (Lipinski definition) is 0. The lowest BCUT2D eigenvalue weighted by molar-refractivity contribution is -0.135. The average Bonchev–Trinajstić information content (AvgIpc) is 2.89. The molecule has 0 radical (unpaired) electrons. The van der Waals surface area contributed by atoms with Gasteiger partial charge in [0.15, 0.2) is 5.16 Å². The van der Waals surface area contributed by atoms with Gasteiger partial charge in [-0.3, -0.25) is 14.2 Å². The number of hydrogen-bond acceptors (Lipinski definition) is 6. The molecule has 1 aliphatic heterocycles. The molecule has 1 aromatic heterocycles. The van der Waals surface area contributed by atoms with Crippen molar-refractivity contribution < 1.29 is 14.3 Å². The summed E-state index contributed by atoms with van der Waals surface area (Å²) >= 11 is 1.27. The van der Waals surface area contributed by atoms with E-state index >= 15 is 0 Å². The fourth-order valence-electron chi connectivity index (χ4n) is 3.99. The number of fused-ring (bicyclic) bond motifs is 1. The maximum Gasteiger partial charge on any atom is 0.266 e. The number of carbonyl (C=O) groups is 1. The van der Waals surface area contributed by atoms with Gasteiger partial charge < -0.3 is 14.4 Å². The molecule has 0 saturated carbocycles. The number of thioether (sulfide) groups is 1. The van der Waals surface area contributed by atoms with Gasteiger partial charge in [-0.25, -0.2) is 4.98 Å². The van der Waals surface area contributed by atoms with Crippen LogP contribution in [-0.2, 0) is 9.53 Å². The number of rotatable bonds is 6. The molecule has 35 heavy (non-hydrogen) atoms. The van der Waals surface area contributed by atoms with Crippen molar-refractivity contribution in [1.29, 1.82) is 0 Å². The Balaban J connectivity index is 1.44. The lowest BCUT2D eigenvalue weighted by atomic mass is 10.2. The van der Waals surface area contributed by atoms with Crippen LogP contribution in [0.1, 0.15) is 6.92 Å². The molecule has 0 aliphatic carbocycles. The van der Waals surface area contributed by atoms with Crippen molar-refractivity contribution in [3.63, 3.8) is 0 Å². The summed E-state index contributed by atoms with van der Waals surface area (Å²) in [6.45, 7) is 3.64. The van der Waals surface area contributed by atoms with E-state index in [1.54, 1.807) is 15.5 Å². The Morgan fingerprint density at radius 3 is 2.51 bits per heavy atom. The molecule has 0 spiro atoms. The zero-order valence-corrected chi connectivity index (χ0v) is 20.1. The minimum absolute atomic E-state index is 0.00529. The van der Waals surface area contributed by atoms with Gasteiger partial charge in [-0.05, 0) is 55.5 Å². The largest absolute Gasteiger partial charge is 0.457 e. The van der Waals surface area contributed by atoms with Crippen LogP contribution in [0.3, 0.4) is 0 Å². The second kappa shape index (κ2) is 10.3. The molecule has 5 rings (SSSR count). The molecule has 1 saturated heterocycles. The van der Waals surface area contributed by atoms with E-state index in [4.69, 9.17) is 14.5 Å². The number of ether oxygens (including phenoxy) is 2. The SMILES string of the molecule is CC1CN(C(=O)CSc2nc3ccccc3c(=O)n2-c2ccc(Oc3ccccc3)cc2)CCO1. The summed E-state index contributed by atoms with van der Waals surface area (Å²) < 4.78 is 13.0. The van der Waals surface area contributed by atoms with E-state index in [9.17, 15) is 9.59 Å². The van der Waals surface area contributed by atoms with Crippen molar-refractivity contribution in [2.75, 3.05) is 25.4 Å². The van der Waals surface area contributed by atoms with Gasteiger partial charge in [0.25, 0.3) is 5.56 Å². The van der Waals surface area contributed by atoms with Crippen molar-refractivity contribution in [3.8, 4) is 17.2 Å². The highest BCUT2D eigenvalue weighted by Crippen LogP contribution is 2.25. The summed E-state index contributed by atoms with van der Waals surface area (Å²) in [4.78, 5) is 32.9. The molecule has 1 atom stereocenters. The fraction of sp³-hybridized carbons (Fsp3) is 0.222. The van der Waals surface area contributed by atoms with Gasteiger partial charge >= 0.3 is 0 Å². The minimum Gasteiger partial charge on any atom is -0.457 e. The molecule has 7 nitrogen and oxygen atoms in total. The summed E-state index contributed by atoms with van der Waals surface area (Å²) in [5, 5.41) is 0.995. The van der Waals surface area contributed by atoms with Crippen molar-refractivity contribution in [3.05, 3.63) is 89.2 Å². The number of nitrogens with zero attached hydrogens (tertiary/aromatic N) is 3. The van der Waals surface area contributed by atoms with Crippen LogP contribution in [0.25, 0.3) is 16.6 Å². The summed E-state index contributed by atoms with van der Waals surface area (Å²) in [5.74, 6) is 1.59. The molecule has 1 aliphatic rings. The minimum atomic E-state index is -0.178. The molecule has 1 amide bonds. The Bertz CT molecular complexity index is 1390. The van der Waals surface area contributed by atoms with E-state index in [0.717, 1.165) is 5.75 Å². The van der Waals surface area contributed by atoms with Gasteiger partial charge in [0, 0.05) is 13.1 Å². The van der Waals surface area contributed by atoms with Crippen LogP contribution in [0, 0.1) is 0 Å². The van der Waals surface area contributed by atoms with Gasteiger partial charge in [-0.1, -0.05) is 42.1 Å². The highest BCUT2D eigenvalue weighted by atomic mass is 32.2. The summed E-state index contributed by atoms with van der Waals surface area (Å²) in [5.41, 5.74) is 1.08. The molecule has 3 aromatic carbocycles. The van der Waals surface area contributed by atoms with Crippen molar-refractivity contribution >= 4 is 28.6 Å². The third-order valence-corrected chi connectivity index (χ3v) is 6.66. The van der Waals surface area contributed by atoms with Crippen LogP contribution >= 0.6 is 11.8 Å². The monoisotopic (exact) mass is 487 g/mol. The Morgan fingerprint density at radius 2 is 1.74 bits per heavy atom. The van der Waals surface area contributed by atoms with E-state index in [-0.39, 0.29) is 23.3 Å². The second-order valence-electron chi connectivity index (χ2n) is 8.27. The highest BCUT2D eigenvalue weighted by molar-refractivity contribution is 7.99. The van der Waals surface area contributed by atoms with E-state index in [0.29, 0.717) is 47.2 Å². The first-order valence-corrected chi connectivity index (χ1v) is 12.4. The number of para-hydroxylation sites is 2. The van der Waals surface area contributed by atoms with Crippen LogP contribution in [0.2, 0.25) is 0 Å². The maximum atomic E-state index is 13.5. The second-order valence-corrected chi connectivity index (χ2v) is 9.21. The Hall–Kier alpha value is -3.62. The maximum absolute atomic E-state index is 13.5. The van der Waals surface area contributed by atoms with Gasteiger partial charge in [0.1, 0.15) is 11.5 Å². The number of aromatic nitrogens is 2. The highest BCUT2D eigenvalue weighted by Gasteiger charge is 2.22. The number of morpholine rings is 1. The number of benzene rings is 3. The van der Waals surface area contributed by atoms with Crippen LogP contribution in [0.4, 0.5) is 0 Å². The van der Waals surface area contributed by atoms with Crippen LogP contribution < -0.4 is 10.3 Å². The summed E-state index contributed by atoms with van der Waals surface area (Å²) in [7, 11) is 0. The number of carbonyl (C=O) groups excluding carboxylic acids is 1. The summed E-state index contributed by atoms with van der Waals surface area (Å²) in [6.07, 6.45) is 0.0197. The molecule has 1 unspecified atom stereocenters. The topological polar surface area (TPSA) is 73.7 Å². The molecular weight excluding hydrogens is 462 g/mol. The molecule has 8 heteroatoms. The lowest BCUT2D eigenvalue weighted by Crippen LogP contribution is -2.45. The van der Waals surface area contributed by atoms with E-state index in [2.05, 4.69) is 0 Å². The van der Waals surface area contributed by atoms with E-state index in [1.165, 1.54) is 11.8 Å². The predicted molar refractivity (Wildman–Crippen MR) is 137 cm³/mol. The van der Waals surface area contributed by atoms with E-state index in [1.807, 2.05) is 79.7 Å². The zero-order chi connectivity index (χ0) is 24.2. The first-order chi connectivity index (χ1) is 17.1. The molecule has 0 bridgehead atoms. The standard InChI is InChI=1S/C27H25N3O4S/c1-19-17-29(15-16-33-19)25(31)18-35-27-28-24-10-6-5-9-23(24)26(32)30(27)20-11-13-22(14-12-20)34-21-7-3-2-4-8-21/h2-14,19H,15-18H2,1H3. The first kappa shape index (κ1) is 23.1. The average molecular weight is 488 g/mol. The smallest absolute Gasteiger partial charge is 0.266 e. The molecule has 0 N–H and O–H groups in total. The van der Waals surface area contributed by atoms with Gasteiger partial charge in [-0.2, -0.15) is 0 Å². The van der Waals surface area contributed by atoms with Crippen LogP contribution in [0.5, 0.6) is 11.5 Å². The predicted octanol–water partition coefficient (Wildman–Crippen LogP) is 4.52. The molecular formula is C27H25N3O4S. The van der Waals surface area contributed by atoms with Crippen molar-refractivity contribution in [1.82, 2.24) is 14.5 Å². The van der Waals surface area contributed by atoms with Crippen molar-refractivity contribution in [2.45, 2.75) is 18.2 Å². The Kier molecular flexibility index (Phi) is 6.83. The van der Waals surface area contributed by atoms with Crippen LogP contribution in [0.15, 0.2) is 88.8 Å². The Morgan fingerprint density at radius 1 is 1.03 bits per heavy atom. The normalized spacial score (nSPS) is 15.8.